The Hall–Kier alpha value is -2.47. The van der Waals surface area contributed by atoms with Crippen molar-refractivity contribution < 1.29 is 14.0 Å². The van der Waals surface area contributed by atoms with Crippen LogP contribution in [0.2, 0.25) is 5.15 Å². The number of aryl methyl sites for hydroxylation is 1. The average Bonchev–Trinajstić information content (AvgIpc) is 2.52. The number of hydrogen-bond acceptors (Lipinski definition) is 3. The summed E-state index contributed by atoms with van der Waals surface area (Å²) in [5, 5.41) is 5.45. The van der Waals surface area contributed by atoms with Crippen LogP contribution in [-0.4, -0.2) is 16.8 Å². The van der Waals surface area contributed by atoms with Crippen LogP contribution >= 0.6 is 11.6 Å². The first kappa shape index (κ1) is 17.9. The van der Waals surface area contributed by atoms with Crippen LogP contribution in [-0.2, 0) is 11.3 Å². The van der Waals surface area contributed by atoms with Crippen molar-refractivity contribution >= 4 is 29.2 Å². The van der Waals surface area contributed by atoms with E-state index in [1.54, 1.807) is 32.0 Å². The monoisotopic (exact) mass is 349 g/mol. The number of amides is 2. The number of anilines is 1. The summed E-state index contributed by atoms with van der Waals surface area (Å²) in [5.74, 6) is -0.957. The molecule has 0 saturated carbocycles. The summed E-state index contributed by atoms with van der Waals surface area (Å²) in [6, 6.07) is 7.49. The molecule has 2 amide bonds. The SMILES string of the molecule is CCC(=O)Nc1nc(Cl)cc(C)c1C(=O)NCc1cccc(F)c1. The largest absolute Gasteiger partial charge is 0.348 e. The zero-order valence-corrected chi connectivity index (χ0v) is 14.1. The molecule has 0 radical (unpaired) electrons. The Balaban J connectivity index is 2.22. The van der Waals surface area contributed by atoms with E-state index in [0.717, 1.165) is 0 Å². The predicted octanol–water partition coefficient (Wildman–Crippen LogP) is 3.46. The maximum atomic E-state index is 13.2. The molecule has 2 rings (SSSR count). The summed E-state index contributed by atoms with van der Waals surface area (Å²) >= 11 is 5.91. The van der Waals surface area contributed by atoms with E-state index in [1.165, 1.54) is 12.1 Å². The minimum absolute atomic E-state index is 0.114. The molecule has 0 atom stereocenters. The Bertz CT molecular complexity index is 780. The van der Waals surface area contributed by atoms with Gasteiger partial charge in [-0.15, -0.1) is 0 Å². The van der Waals surface area contributed by atoms with Crippen molar-refractivity contribution in [2.75, 3.05) is 5.32 Å². The number of nitrogens with one attached hydrogen (secondary N) is 2. The third-order valence-electron chi connectivity index (χ3n) is 3.33. The van der Waals surface area contributed by atoms with Gasteiger partial charge in [0.2, 0.25) is 5.91 Å². The number of aromatic nitrogens is 1. The Morgan fingerprint density at radius 2 is 2.04 bits per heavy atom. The third kappa shape index (κ3) is 4.52. The first-order chi connectivity index (χ1) is 11.4. The van der Waals surface area contributed by atoms with Gasteiger partial charge in [0.1, 0.15) is 16.8 Å². The van der Waals surface area contributed by atoms with E-state index < -0.39 is 5.91 Å². The minimum atomic E-state index is -0.424. The molecule has 1 aromatic heterocycles. The van der Waals surface area contributed by atoms with Crippen LogP contribution in [0.15, 0.2) is 30.3 Å². The summed E-state index contributed by atoms with van der Waals surface area (Å²) in [5.41, 5.74) is 1.44. The number of rotatable bonds is 5. The summed E-state index contributed by atoms with van der Waals surface area (Å²) in [4.78, 5) is 28.1. The van der Waals surface area contributed by atoms with Gasteiger partial charge in [-0.3, -0.25) is 9.59 Å². The standard InChI is InChI=1S/C17H17ClFN3O2/c1-3-14(23)22-16-15(10(2)7-13(18)21-16)17(24)20-9-11-5-4-6-12(19)8-11/h4-8H,3,9H2,1-2H3,(H,20,24)(H,21,22,23). The van der Waals surface area contributed by atoms with Gasteiger partial charge >= 0.3 is 0 Å². The second kappa shape index (κ2) is 7.88. The lowest BCUT2D eigenvalue weighted by atomic mass is 10.1. The molecule has 126 valence electrons. The van der Waals surface area contributed by atoms with Crippen molar-refractivity contribution in [3.8, 4) is 0 Å². The molecular formula is C17H17ClFN3O2. The van der Waals surface area contributed by atoms with Gasteiger partial charge in [-0.05, 0) is 36.2 Å². The molecule has 1 aromatic carbocycles. The molecule has 0 fully saturated rings. The van der Waals surface area contributed by atoms with Gasteiger partial charge < -0.3 is 10.6 Å². The fourth-order valence-electron chi connectivity index (χ4n) is 2.15. The Morgan fingerprint density at radius 1 is 1.29 bits per heavy atom. The van der Waals surface area contributed by atoms with Crippen molar-refractivity contribution in [2.24, 2.45) is 0 Å². The molecule has 0 aliphatic rings. The van der Waals surface area contributed by atoms with Gasteiger partial charge in [0.15, 0.2) is 0 Å². The van der Waals surface area contributed by atoms with Crippen molar-refractivity contribution in [2.45, 2.75) is 26.8 Å². The van der Waals surface area contributed by atoms with Crippen LogP contribution < -0.4 is 10.6 Å². The summed E-state index contributed by atoms with van der Waals surface area (Å²) in [7, 11) is 0. The zero-order chi connectivity index (χ0) is 17.7. The predicted molar refractivity (Wildman–Crippen MR) is 90.5 cm³/mol. The van der Waals surface area contributed by atoms with E-state index in [4.69, 9.17) is 11.6 Å². The van der Waals surface area contributed by atoms with Crippen LogP contribution in [0.1, 0.15) is 34.8 Å². The first-order valence-electron chi connectivity index (χ1n) is 7.40. The van der Waals surface area contributed by atoms with Crippen molar-refractivity contribution in [3.05, 3.63) is 58.0 Å². The maximum absolute atomic E-state index is 13.2. The van der Waals surface area contributed by atoms with Crippen LogP contribution in [0.4, 0.5) is 10.2 Å². The lowest BCUT2D eigenvalue weighted by Crippen LogP contribution is -2.26. The smallest absolute Gasteiger partial charge is 0.255 e. The van der Waals surface area contributed by atoms with Crippen molar-refractivity contribution in [1.82, 2.24) is 10.3 Å². The molecule has 0 bridgehead atoms. The molecule has 24 heavy (non-hydrogen) atoms. The average molecular weight is 350 g/mol. The highest BCUT2D eigenvalue weighted by Crippen LogP contribution is 2.22. The molecule has 0 spiro atoms. The highest BCUT2D eigenvalue weighted by Gasteiger charge is 2.18. The first-order valence-corrected chi connectivity index (χ1v) is 7.78. The molecule has 2 aromatic rings. The quantitative estimate of drug-likeness (QED) is 0.812. The molecular weight excluding hydrogens is 333 g/mol. The fourth-order valence-corrected chi connectivity index (χ4v) is 2.40. The topological polar surface area (TPSA) is 71.1 Å². The molecule has 2 N–H and O–H groups in total. The molecule has 7 heteroatoms. The van der Waals surface area contributed by atoms with Gasteiger partial charge in [-0.25, -0.2) is 9.37 Å². The summed E-state index contributed by atoms with van der Waals surface area (Å²) < 4.78 is 13.2. The summed E-state index contributed by atoms with van der Waals surface area (Å²) in [6.45, 7) is 3.54. The normalized spacial score (nSPS) is 10.3. The van der Waals surface area contributed by atoms with E-state index in [1.807, 2.05) is 0 Å². The van der Waals surface area contributed by atoms with E-state index >= 15 is 0 Å². The molecule has 0 aliphatic carbocycles. The lowest BCUT2D eigenvalue weighted by molar-refractivity contribution is -0.115. The minimum Gasteiger partial charge on any atom is -0.348 e. The molecule has 5 nitrogen and oxygen atoms in total. The number of carbonyl (C=O) groups excluding carboxylic acids is 2. The van der Waals surface area contributed by atoms with Crippen LogP contribution in [0, 0.1) is 12.7 Å². The van der Waals surface area contributed by atoms with E-state index in [9.17, 15) is 14.0 Å². The highest BCUT2D eigenvalue weighted by molar-refractivity contribution is 6.29. The second-order valence-corrected chi connectivity index (χ2v) is 5.59. The highest BCUT2D eigenvalue weighted by atomic mass is 35.5. The summed E-state index contributed by atoms with van der Waals surface area (Å²) in [6.07, 6.45) is 0.248. The molecule has 1 heterocycles. The number of benzene rings is 1. The lowest BCUT2D eigenvalue weighted by Gasteiger charge is -2.13. The number of pyridine rings is 1. The van der Waals surface area contributed by atoms with Crippen molar-refractivity contribution in [3.63, 3.8) is 0 Å². The van der Waals surface area contributed by atoms with Gasteiger partial charge in [-0.1, -0.05) is 30.7 Å². The number of hydrogen-bond donors (Lipinski definition) is 2. The van der Waals surface area contributed by atoms with Gasteiger partial charge in [0, 0.05) is 13.0 Å². The van der Waals surface area contributed by atoms with Gasteiger partial charge in [0.25, 0.3) is 5.91 Å². The molecule has 0 saturated heterocycles. The van der Waals surface area contributed by atoms with Crippen LogP contribution in [0.5, 0.6) is 0 Å². The maximum Gasteiger partial charge on any atom is 0.255 e. The molecule has 0 unspecified atom stereocenters. The third-order valence-corrected chi connectivity index (χ3v) is 3.53. The van der Waals surface area contributed by atoms with Gasteiger partial charge in [-0.2, -0.15) is 0 Å². The Labute approximate surface area is 144 Å². The fraction of sp³-hybridized carbons (Fsp3) is 0.235. The van der Waals surface area contributed by atoms with E-state index in [0.29, 0.717) is 11.1 Å². The van der Waals surface area contributed by atoms with Crippen LogP contribution in [0.3, 0.4) is 0 Å². The zero-order valence-electron chi connectivity index (χ0n) is 13.3. The van der Waals surface area contributed by atoms with Gasteiger partial charge in [0.05, 0.1) is 5.56 Å². The van der Waals surface area contributed by atoms with Crippen molar-refractivity contribution in [1.29, 1.82) is 0 Å². The number of carbonyl (C=O) groups is 2. The van der Waals surface area contributed by atoms with E-state index in [-0.39, 0.29) is 41.2 Å². The molecule has 0 aliphatic heterocycles. The second-order valence-electron chi connectivity index (χ2n) is 5.20. The number of halogens is 2. The Kier molecular flexibility index (Phi) is 5.87. The number of nitrogens with zero attached hydrogens (tertiary/aromatic N) is 1. The Morgan fingerprint density at radius 3 is 2.71 bits per heavy atom. The van der Waals surface area contributed by atoms with Crippen LogP contribution in [0.25, 0.3) is 0 Å². The van der Waals surface area contributed by atoms with E-state index in [2.05, 4.69) is 15.6 Å².